The Kier molecular flexibility index (Phi) is 3.71. The zero-order chi connectivity index (χ0) is 9.68. The molecule has 0 aliphatic heterocycles. The summed E-state index contributed by atoms with van der Waals surface area (Å²) in [5, 5.41) is 8.75. The van der Waals surface area contributed by atoms with Crippen LogP contribution in [0.1, 0.15) is 26.0 Å². The number of aliphatic hydroxyl groups excluding tert-OH is 1. The minimum absolute atomic E-state index is 0.0242. The van der Waals surface area contributed by atoms with Gasteiger partial charge in [0, 0.05) is 0 Å². The molecule has 3 nitrogen and oxygen atoms in total. The van der Waals surface area contributed by atoms with Gasteiger partial charge in [-0.1, -0.05) is 6.92 Å². The maximum absolute atomic E-state index is 8.75. The highest BCUT2D eigenvalue weighted by Crippen LogP contribution is 2.12. The molecule has 1 heterocycles. The summed E-state index contributed by atoms with van der Waals surface area (Å²) < 4.78 is 5.52. The van der Waals surface area contributed by atoms with Crippen LogP contribution in [-0.2, 0) is 6.61 Å². The Morgan fingerprint density at radius 1 is 1.54 bits per heavy atom. The maximum Gasteiger partial charge on any atom is 0.138 e. The molecule has 13 heavy (non-hydrogen) atoms. The van der Waals surface area contributed by atoms with Gasteiger partial charge in [0.15, 0.2) is 0 Å². The predicted molar refractivity (Wildman–Crippen MR) is 50.5 cm³/mol. The van der Waals surface area contributed by atoms with Crippen LogP contribution in [0.3, 0.4) is 0 Å². The molecule has 0 aromatic carbocycles. The van der Waals surface area contributed by atoms with Gasteiger partial charge in [0.1, 0.15) is 5.75 Å². The van der Waals surface area contributed by atoms with E-state index in [0.717, 1.165) is 12.2 Å². The molecule has 0 saturated carbocycles. The topological polar surface area (TPSA) is 42.4 Å². The Bertz CT molecular complexity index is 246. The number of hydrogen-bond donors (Lipinski definition) is 1. The van der Waals surface area contributed by atoms with Crippen LogP contribution >= 0.6 is 0 Å². The van der Waals surface area contributed by atoms with Crippen molar-refractivity contribution in [3.63, 3.8) is 0 Å². The molecule has 0 radical (unpaired) electrons. The van der Waals surface area contributed by atoms with Crippen LogP contribution in [0, 0.1) is 0 Å². The fourth-order valence-electron chi connectivity index (χ4n) is 0.890. The Morgan fingerprint density at radius 3 is 2.77 bits per heavy atom. The minimum Gasteiger partial charge on any atom is -0.489 e. The fourth-order valence-corrected chi connectivity index (χ4v) is 0.890. The Hall–Kier alpha value is -1.09. The van der Waals surface area contributed by atoms with Crippen LogP contribution < -0.4 is 4.74 Å². The molecular formula is C10H15NO2. The van der Waals surface area contributed by atoms with E-state index in [9.17, 15) is 0 Å². The molecule has 1 atom stereocenters. The fraction of sp³-hybridized carbons (Fsp3) is 0.500. The number of aliphatic hydroxyl groups is 1. The van der Waals surface area contributed by atoms with Crippen LogP contribution in [0.5, 0.6) is 5.75 Å². The second kappa shape index (κ2) is 4.82. The van der Waals surface area contributed by atoms with Gasteiger partial charge in [-0.15, -0.1) is 0 Å². The van der Waals surface area contributed by atoms with Crippen LogP contribution in [0.15, 0.2) is 18.3 Å². The molecular weight excluding hydrogens is 166 g/mol. The first-order valence-corrected chi connectivity index (χ1v) is 4.48. The van der Waals surface area contributed by atoms with E-state index in [4.69, 9.17) is 9.84 Å². The average molecular weight is 181 g/mol. The van der Waals surface area contributed by atoms with E-state index in [1.807, 2.05) is 13.0 Å². The maximum atomic E-state index is 8.75. The lowest BCUT2D eigenvalue weighted by Crippen LogP contribution is -2.09. The third-order valence-corrected chi connectivity index (χ3v) is 1.87. The van der Waals surface area contributed by atoms with Crippen molar-refractivity contribution in [2.45, 2.75) is 33.0 Å². The summed E-state index contributed by atoms with van der Waals surface area (Å²) in [6.45, 7) is 4.06. The smallest absolute Gasteiger partial charge is 0.138 e. The summed E-state index contributed by atoms with van der Waals surface area (Å²) in [7, 11) is 0. The second-order valence-corrected chi connectivity index (χ2v) is 2.98. The van der Waals surface area contributed by atoms with Gasteiger partial charge in [0.2, 0.25) is 0 Å². The molecule has 0 aliphatic carbocycles. The van der Waals surface area contributed by atoms with E-state index in [1.54, 1.807) is 12.3 Å². The van der Waals surface area contributed by atoms with Gasteiger partial charge in [0.25, 0.3) is 0 Å². The van der Waals surface area contributed by atoms with Crippen molar-refractivity contribution in [3.8, 4) is 5.75 Å². The monoisotopic (exact) mass is 181 g/mol. The lowest BCUT2D eigenvalue weighted by Gasteiger charge is -2.11. The molecule has 0 aliphatic rings. The molecule has 0 fully saturated rings. The summed E-state index contributed by atoms with van der Waals surface area (Å²) >= 11 is 0. The zero-order valence-electron chi connectivity index (χ0n) is 8.03. The summed E-state index contributed by atoms with van der Waals surface area (Å²) in [4.78, 5) is 4.01. The molecule has 0 amide bonds. The first kappa shape index (κ1) is 9.99. The van der Waals surface area contributed by atoms with Crippen molar-refractivity contribution < 1.29 is 9.84 Å². The zero-order valence-corrected chi connectivity index (χ0v) is 8.03. The lowest BCUT2D eigenvalue weighted by molar-refractivity contribution is 0.216. The van der Waals surface area contributed by atoms with Gasteiger partial charge < -0.3 is 9.84 Å². The highest BCUT2D eigenvalue weighted by atomic mass is 16.5. The molecule has 1 rings (SSSR count). The van der Waals surface area contributed by atoms with E-state index in [2.05, 4.69) is 11.9 Å². The van der Waals surface area contributed by atoms with Crippen LogP contribution in [0.25, 0.3) is 0 Å². The van der Waals surface area contributed by atoms with Crippen molar-refractivity contribution >= 4 is 0 Å². The van der Waals surface area contributed by atoms with E-state index in [-0.39, 0.29) is 12.7 Å². The third kappa shape index (κ3) is 3.03. The van der Waals surface area contributed by atoms with Gasteiger partial charge in [-0.05, 0) is 25.5 Å². The van der Waals surface area contributed by atoms with Gasteiger partial charge >= 0.3 is 0 Å². The Labute approximate surface area is 78.4 Å². The number of nitrogens with zero attached hydrogens (tertiary/aromatic N) is 1. The van der Waals surface area contributed by atoms with E-state index in [1.165, 1.54) is 0 Å². The van der Waals surface area contributed by atoms with Crippen LogP contribution in [0.2, 0.25) is 0 Å². The van der Waals surface area contributed by atoms with Gasteiger partial charge in [-0.25, -0.2) is 0 Å². The van der Waals surface area contributed by atoms with Crippen molar-refractivity contribution in [1.29, 1.82) is 0 Å². The highest BCUT2D eigenvalue weighted by Gasteiger charge is 2.00. The van der Waals surface area contributed by atoms with E-state index < -0.39 is 0 Å². The molecule has 0 saturated heterocycles. The average Bonchev–Trinajstić information content (AvgIpc) is 2.19. The minimum atomic E-state index is -0.0242. The third-order valence-electron chi connectivity index (χ3n) is 1.87. The molecule has 1 unspecified atom stereocenters. The predicted octanol–water partition coefficient (Wildman–Crippen LogP) is 1.75. The molecule has 0 bridgehead atoms. The second-order valence-electron chi connectivity index (χ2n) is 2.98. The Balaban J connectivity index is 2.58. The normalized spacial score (nSPS) is 12.5. The van der Waals surface area contributed by atoms with E-state index >= 15 is 0 Å². The number of pyridine rings is 1. The summed E-state index contributed by atoms with van der Waals surface area (Å²) in [5.74, 6) is 0.756. The summed E-state index contributed by atoms with van der Waals surface area (Å²) in [6.07, 6.45) is 2.82. The summed E-state index contributed by atoms with van der Waals surface area (Å²) in [6, 6.07) is 3.59. The van der Waals surface area contributed by atoms with Gasteiger partial charge in [-0.3, -0.25) is 4.98 Å². The molecule has 72 valence electrons. The summed E-state index contributed by atoms with van der Waals surface area (Å²) in [5.41, 5.74) is 0.663. The molecule has 1 aromatic rings. The number of hydrogen-bond acceptors (Lipinski definition) is 3. The van der Waals surface area contributed by atoms with Crippen molar-refractivity contribution in [2.24, 2.45) is 0 Å². The number of aromatic nitrogens is 1. The molecule has 1 aromatic heterocycles. The standard InChI is InChI=1S/C10H15NO2/c1-3-8(2)13-10-5-4-9(7-12)11-6-10/h4-6,8,12H,3,7H2,1-2H3. The SMILES string of the molecule is CCC(C)Oc1ccc(CO)nc1. The molecule has 1 N–H and O–H groups in total. The quantitative estimate of drug-likeness (QED) is 0.769. The first-order valence-electron chi connectivity index (χ1n) is 4.48. The molecule has 3 heteroatoms. The van der Waals surface area contributed by atoms with Crippen molar-refractivity contribution in [2.75, 3.05) is 0 Å². The number of rotatable bonds is 4. The Morgan fingerprint density at radius 2 is 2.31 bits per heavy atom. The number of ether oxygens (including phenoxy) is 1. The van der Waals surface area contributed by atoms with Gasteiger partial charge in [-0.2, -0.15) is 0 Å². The van der Waals surface area contributed by atoms with Crippen molar-refractivity contribution in [3.05, 3.63) is 24.0 Å². The molecule has 0 spiro atoms. The van der Waals surface area contributed by atoms with Gasteiger partial charge in [0.05, 0.1) is 24.6 Å². The van der Waals surface area contributed by atoms with Crippen LogP contribution in [0.4, 0.5) is 0 Å². The van der Waals surface area contributed by atoms with Crippen LogP contribution in [-0.4, -0.2) is 16.2 Å². The van der Waals surface area contributed by atoms with Crippen molar-refractivity contribution in [1.82, 2.24) is 4.98 Å². The lowest BCUT2D eigenvalue weighted by atomic mass is 10.3. The largest absolute Gasteiger partial charge is 0.489 e. The first-order chi connectivity index (χ1) is 6.26. The van der Waals surface area contributed by atoms with E-state index in [0.29, 0.717) is 5.69 Å². The highest BCUT2D eigenvalue weighted by molar-refractivity contribution is 5.19.